The van der Waals surface area contributed by atoms with Crippen LogP contribution in [-0.4, -0.2) is 64.9 Å². The standard InChI is InChI=1S/C22H28N4O6S/c1-16(25-33(28,29)18-4-5-19-20(13-18)32-10-2-9-31-19)22(27)24-15-17-3-6-21(23-14-17)26-7-11-30-12-8-26/h3-6,13-14,16,25H,2,7-12,15H2,1H3,(H,24,27)/t16-/m0/s1. The number of anilines is 1. The van der Waals surface area contributed by atoms with Gasteiger partial charge in [0.05, 0.1) is 37.4 Å². The van der Waals surface area contributed by atoms with Gasteiger partial charge < -0.3 is 24.4 Å². The Bertz CT molecular complexity index is 1070. The number of amides is 1. The largest absolute Gasteiger partial charge is 0.490 e. The predicted molar refractivity (Wildman–Crippen MR) is 121 cm³/mol. The summed E-state index contributed by atoms with van der Waals surface area (Å²) in [6.45, 7) is 5.65. The Morgan fingerprint density at radius 3 is 2.58 bits per heavy atom. The maximum atomic E-state index is 12.8. The maximum absolute atomic E-state index is 12.8. The molecule has 10 nitrogen and oxygen atoms in total. The van der Waals surface area contributed by atoms with E-state index in [2.05, 4.69) is 19.9 Å². The van der Waals surface area contributed by atoms with Crippen LogP contribution in [0, 0.1) is 0 Å². The number of fused-ring (bicyclic) bond motifs is 1. The zero-order valence-electron chi connectivity index (χ0n) is 18.5. The molecule has 1 atom stereocenters. The molecule has 11 heteroatoms. The van der Waals surface area contributed by atoms with E-state index in [1.165, 1.54) is 19.1 Å². The summed E-state index contributed by atoms with van der Waals surface area (Å²) >= 11 is 0. The fraction of sp³-hybridized carbons (Fsp3) is 0.455. The Morgan fingerprint density at radius 1 is 1.09 bits per heavy atom. The normalized spacial score (nSPS) is 17.2. The molecule has 178 valence electrons. The van der Waals surface area contributed by atoms with Crippen molar-refractivity contribution in [1.82, 2.24) is 15.0 Å². The van der Waals surface area contributed by atoms with Crippen molar-refractivity contribution in [2.24, 2.45) is 0 Å². The van der Waals surface area contributed by atoms with Gasteiger partial charge in [0.2, 0.25) is 15.9 Å². The Morgan fingerprint density at radius 2 is 1.85 bits per heavy atom. The fourth-order valence-electron chi connectivity index (χ4n) is 3.51. The summed E-state index contributed by atoms with van der Waals surface area (Å²) in [6.07, 6.45) is 2.43. The first-order chi connectivity index (χ1) is 15.9. The first-order valence-corrected chi connectivity index (χ1v) is 12.4. The van der Waals surface area contributed by atoms with Gasteiger partial charge in [-0.2, -0.15) is 4.72 Å². The topological polar surface area (TPSA) is 119 Å². The van der Waals surface area contributed by atoms with Gasteiger partial charge >= 0.3 is 0 Å². The molecule has 0 spiro atoms. The highest BCUT2D eigenvalue weighted by molar-refractivity contribution is 7.89. The van der Waals surface area contributed by atoms with Crippen LogP contribution < -0.4 is 24.4 Å². The average molecular weight is 477 g/mol. The fourth-order valence-corrected chi connectivity index (χ4v) is 4.73. The number of hydrogen-bond acceptors (Lipinski definition) is 8. The summed E-state index contributed by atoms with van der Waals surface area (Å²) in [6, 6.07) is 7.24. The van der Waals surface area contributed by atoms with Gasteiger partial charge in [-0.15, -0.1) is 0 Å². The van der Waals surface area contributed by atoms with Crippen molar-refractivity contribution in [3.8, 4) is 11.5 Å². The molecule has 0 saturated carbocycles. The van der Waals surface area contributed by atoms with Gasteiger partial charge in [-0.3, -0.25) is 4.79 Å². The molecule has 2 aliphatic heterocycles. The van der Waals surface area contributed by atoms with E-state index >= 15 is 0 Å². The molecule has 1 saturated heterocycles. The zero-order chi connectivity index (χ0) is 23.3. The van der Waals surface area contributed by atoms with Crippen LogP contribution >= 0.6 is 0 Å². The van der Waals surface area contributed by atoms with Gasteiger partial charge in [0.25, 0.3) is 0 Å². The van der Waals surface area contributed by atoms with E-state index in [0.717, 1.165) is 30.9 Å². The molecular weight excluding hydrogens is 448 g/mol. The minimum Gasteiger partial charge on any atom is -0.490 e. The number of hydrogen-bond donors (Lipinski definition) is 2. The monoisotopic (exact) mass is 476 g/mol. The number of ether oxygens (including phenoxy) is 3. The molecule has 1 fully saturated rings. The van der Waals surface area contributed by atoms with Crippen LogP contribution in [0.4, 0.5) is 5.82 Å². The number of nitrogens with one attached hydrogen (secondary N) is 2. The average Bonchev–Trinajstić information content (AvgIpc) is 3.08. The Hall–Kier alpha value is -2.89. The van der Waals surface area contributed by atoms with Crippen LogP contribution in [-0.2, 0) is 26.1 Å². The van der Waals surface area contributed by atoms with Crippen molar-refractivity contribution in [3.63, 3.8) is 0 Å². The lowest BCUT2D eigenvalue weighted by molar-refractivity contribution is -0.122. The minimum atomic E-state index is -3.93. The third-order valence-electron chi connectivity index (χ3n) is 5.37. The van der Waals surface area contributed by atoms with Crippen LogP contribution in [0.2, 0.25) is 0 Å². The van der Waals surface area contributed by atoms with Crippen molar-refractivity contribution in [2.75, 3.05) is 44.4 Å². The third kappa shape index (κ3) is 5.92. The molecule has 1 aromatic carbocycles. The van der Waals surface area contributed by atoms with Gasteiger partial charge in [0.1, 0.15) is 5.82 Å². The van der Waals surface area contributed by atoms with Crippen LogP contribution in [0.5, 0.6) is 11.5 Å². The second kappa shape index (κ2) is 10.4. The van der Waals surface area contributed by atoms with Crippen molar-refractivity contribution < 1.29 is 27.4 Å². The number of carbonyl (C=O) groups excluding carboxylic acids is 1. The number of rotatable bonds is 7. The number of carbonyl (C=O) groups is 1. The maximum Gasteiger partial charge on any atom is 0.241 e. The third-order valence-corrected chi connectivity index (χ3v) is 6.90. The first-order valence-electron chi connectivity index (χ1n) is 10.9. The summed E-state index contributed by atoms with van der Waals surface area (Å²) < 4.78 is 44.4. The summed E-state index contributed by atoms with van der Waals surface area (Å²) in [7, 11) is -3.93. The van der Waals surface area contributed by atoms with Crippen molar-refractivity contribution in [1.29, 1.82) is 0 Å². The second-order valence-corrected chi connectivity index (χ2v) is 9.56. The number of nitrogens with zero attached hydrogens (tertiary/aromatic N) is 2. The number of pyridine rings is 1. The van der Waals surface area contributed by atoms with Gasteiger partial charge in [-0.25, -0.2) is 13.4 Å². The van der Waals surface area contributed by atoms with Crippen LogP contribution in [0.1, 0.15) is 18.9 Å². The van der Waals surface area contributed by atoms with Gasteiger partial charge in [0, 0.05) is 38.3 Å². The van der Waals surface area contributed by atoms with E-state index < -0.39 is 22.0 Å². The summed E-state index contributed by atoms with van der Waals surface area (Å²) in [4.78, 5) is 19.1. The van der Waals surface area contributed by atoms with Gasteiger partial charge in [-0.05, 0) is 30.7 Å². The predicted octanol–water partition coefficient (Wildman–Crippen LogP) is 1.06. The molecule has 0 radical (unpaired) electrons. The minimum absolute atomic E-state index is 0.00861. The number of benzene rings is 1. The second-order valence-electron chi connectivity index (χ2n) is 7.84. The van der Waals surface area contributed by atoms with Crippen molar-refractivity contribution >= 4 is 21.7 Å². The van der Waals surface area contributed by atoms with E-state index in [4.69, 9.17) is 14.2 Å². The zero-order valence-corrected chi connectivity index (χ0v) is 19.3. The van der Waals surface area contributed by atoms with Crippen LogP contribution in [0.15, 0.2) is 41.4 Å². The molecular formula is C22H28N4O6S. The lowest BCUT2D eigenvalue weighted by Gasteiger charge is -2.27. The molecule has 2 N–H and O–H groups in total. The van der Waals surface area contributed by atoms with E-state index in [1.54, 1.807) is 12.3 Å². The Kier molecular flexibility index (Phi) is 7.31. The van der Waals surface area contributed by atoms with Crippen molar-refractivity contribution in [3.05, 3.63) is 42.1 Å². The van der Waals surface area contributed by atoms with E-state index in [1.807, 2.05) is 12.1 Å². The van der Waals surface area contributed by atoms with E-state index in [0.29, 0.717) is 37.9 Å². The SMILES string of the molecule is C[C@H](NS(=O)(=O)c1ccc2c(c1)OCCCO2)C(=O)NCc1ccc(N2CCOCC2)nc1. The molecule has 0 aliphatic carbocycles. The highest BCUT2D eigenvalue weighted by atomic mass is 32.2. The molecule has 4 rings (SSSR count). The molecule has 0 bridgehead atoms. The lowest BCUT2D eigenvalue weighted by Crippen LogP contribution is -2.44. The molecule has 1 amide bonds. The van der Waals surface area contributed by atoms with Crippen LogP contribution in [0.25, 0.3) is 0 Å². The van der Waals surface area contributed by atoms with Crippen LogP contribution in [0.3, 0.4) is 0 Å². The summed E-state index contributed by atoms with van der Waals surface area (Å²) in [5.41, 5.74) is 0.818. The highest BCUT2D eigenvalue weighted by Gasteiger charge is 2.24. The quantitative estimate of drug-likeness (QED) is 0.609. The molecule has 33 heavy (non-hydrogen) atoms. The number of aromatic nitrogens is 1. The Balaban J connectivity index is 1.32. The Labute approximate surface area is 193 Å². The lowest BCUT2D eigenvalue weighted by atomic mass is 10.2. The van der Waals surface area contributed by atoms with Gasteiger partial charge in [-0.1, -0.05) is 6.07 Å². The molecule has 2 aromatic rings. The first kappa shape index (κ1) is 23.3. The highest BCUT2D eigenvalue weighted by Crippen LogP contribution is 2.31. The molecule has 2 aliphatic rings. The van der Waals surface area contributed by atoms with E-state index in [9.17, 15) is 13.2 Å². The summed E-state index contributed by atoms with van der Waals surface area (Å²) in [5.74, 6) is 1.31. The molecule has 3 heterocycles. The van der Waals surface area contributed by atoms with Gasteiger partial charge in [0.15, 0.2) is 11.5 Å². The van der Waals surface area contributed by atoms with E-state index in [-0.39, 0.29) is 11.4 Å². The molecule has 1 aromatic heterocycles. The number of morpholine rings is 1. The smallest absolute Gasteiger partial charge is 0.241 e. The molecule has 0 unspecified atom stereocenters. The number of sulfonamides is 1. The summed E-state index contributed by atoms with van der Waals surface area (Å²) in [5, 5.41) is 2.75. The van der Waals surface area contributed by atoms with Crippen molar-refractivity contribution in [2.45, 2.75) is 30.8 Å².